The first-order chi connectivity index (χ1) is 7.16. The van der Waals surface area contributed by atoms with Crippen molar-refractivity contribution < 1.29 is 4.79 Å². The fourth-order valence-corrected chi connectivity index (χ4v) is 2.67. The number of primary amides is 1. The Kier molecular flexibility index (Phi) is 2.90. The summed E-state index contributed by atoms with van der Waals surface area (Å²) in [6.07, 6.45) is 3.80. The third-order valence-electron chi connectivity index (χ3n) is 2.70. The minimum absolute atomic E-state index is 0.0112. The molecule has 1 aliphatic heterocycles. The third kappa shape index (κ3) is 2.28. The van der Waals surface area contributed by atoms with E-state index in [-0.39, 0.29) is 11.8 Å². The zero-order valence-electron chi connectivity index (χ0n) is 8.77. The molecular weight excluding hydrogens is 210 g/mol. The number of amides is 1. The molecule has 0 radical (unpaired) electrons. The van der Waals surface area contributed by atoms with Crippen LogP contribution in [-0.4, -0.2) is 24.0 Å². The second-order valence-corrected chi connectivity index (χ2v) is 5.15. The molecule has 1 aromatic heterocycles. The number of rotatable bonds is 2. The summed E-state index contributed by atoms with van der Waals surface area (Å²) in [5, 5.41) is 1.01. The van der Waals surface area contributed by atoms with Gasteiger partial charge in [-0.1, -0.05) is 0 Å². The van der Waals surface area contributed by atoms with Gasteiger partial charge in [-0.2, -0.15) is 0 Å². The Morgan fingerprint density at radius 3 is 3.13 bits per heavy atom. The molecule has 1 aliphatic rings. The zero-order valence-corrected chi connectivity index (χ0v) is 9.59. The van der Waals surface area contributed by atoms with E-state index in [0.29, 0.717) is 0 Å². The predicted molar refractivity (Wildman–Crippen MR) is 61.0 cm³/mol. The van der Waals surface area contributed by atoms with Crippen LogP contribution in [0.1, 0.15) is 17.7 Å². The number of aromatic nitrogens is 1. The molecule has 15 heavy (non-hydrogen) atoms. The van der Waals surface area contributed by atoms with E-state index in [1.54, 1.807) is 11.3 Å². The van der Waals surface area contributed by atoms with Crippen LogP contribution in [0.2, 0.25) is 0 Å². The van der Waals surface area contributed by atoms with Gasteiger partial charge in [-0.25, -0.2) is 4.98 Å². The number of hydrogen-bond donors (Lipinski definition) is 1. The molecular formula is C10H15N3OS. The Bertz CT molecular complexity index is 363. The number of aryl methyl sites for hydroxylation is 1. The molecule has 2 rings (SSSR count). The summed E-state index contributed by atoms with van der Waals surface area (Å²) in [6.45, 7) is 3.75. The largest absolute Gasteiger partial charge is 0.369 e. The lowest BCUT2D eigenvalue weighted by atomic mass is 9.98. The van der Waals surface area contributed by atoms with Gasteiger partial charge in [-0.05, 0) is 19.8 Å². The predicted octanol–water partition coefficient (Wildman–Crippen LogP) is 1.15. The molecule has 4 nitrogen and oxygen atoms in total. The van der Waals surface area contributed by atoms with Gasteiger partial charge in [0.2, 0.25) is 5.91 Å². The molecule has 0 bridgehead atoms. The van der Waals surface area contributed by atoms with Gasteiger partial charge in [0.25, 0.3) is 0 Å². The molecule has 2 N–H and O–H groups in total. The highest BCUT2D eigenvalue weighted by Gasteiger charge is 2.25. The molecule has 82 valence electrons. The number of hydrogen-bond acceptors (Lipinski definition) is 4. The van der Waals surface area contributed by atoms with E-state index in [2.05, 4.69) is 9.88 Å². The molecule has 5 heteroatoms. The Morgan fingerprint density at radius 1 is 1.73 bits per heavy atom. The minimum atomic E-state index is -0.187. The normalized spacial score (nSPS) is 21.7. The maximum atomic E-state index is 11.1. The summed E-state index contributed by atoms with van der Waals surface area (Å²) >= 11 is 1.67. The molecule has 1 saturated heterocycles. The highest BCUT2D eigenvalue weighted by molar-refractivity contribution is 7.15. The van der Waals surface area contributed by atoms with Crippen molar-refractivity contribution in [3.63, 3.8) is 0 Å². The Balaban J connectivity index is 2.07. The number of thiazole rings is 1. The van der Waals surface area contributed by atoms with Gasteiger partial charge in [0, 0.05) is 24.2 Å². The maximum Gasteiger partial charge on any atom is 0.222 e. The summed E-state index contributed by atoms with van der Waals surface area (Å²) < 4.78 is 0. The van der Waals surface area contributed by atoms with Crippen LogP contribution in [0.15, 0.2) is 6.20 Å². The summed E-state index contributed by atoms with van der Waals surface area (Å²) in [7, 11) is 0. The highest BCUT2D eigenvalue weighted by atomic mass is 32.1. The van der Waals surface area contributed by atoms with Gasteiger partial charge in [0.1, 0.15) is 0 Å². The highest BCUT2D eigenvalue weighted by Crippen LogP contribution is 2.26. The first-order valence-electron chi connectivity index (χ1n) is 5.13. The molecule has 1 amide bonds. The SMILES string of the molecule is Cc1cnc(N2CCCC(C(N)=O)C2)s1. The molecule has 1 unspecified atom stereocenters. The van der Waals surface area contributed by atoms with Gasteiger partial charge in [-0.15, -0.1) is 11.3 Å². The number of nitrogens with zero attached hydrogens (tertiary/aromatic N) is 2. The first kappa shape index (κ1) is 10.4. The second-order valence-electron chi connectivity index (χ2n) is 3.94. The van der Waals surface area contributed by atoms with Gasteiger partial charge in [-0.3, -0.25) is 4.79 Å². The molecule has 0 saturated carbocycles. The Labute approximate surface area is 93.1 Å². The van der Waals surface area contributed by atoms with Crippen LogP contribution >= 0.6 is 11.3 Å². The molecule has 1 fully saturated rings. The lowest BCUT2D eigenvalue weighted by Gasteiger charge is -2.30. The van der Waals surface area contributed by atoms with Crippen molar-refractivity contribution in [2.75, 3.05) is 18.0 Å². The van der Waals surface area contributed by atoms with Crippen molar-refractivity contribution >= 4 is 22.4 Å². The topological polar surface area (TPSA) is 59.2 Å². The molecule has 0 aliphatic carbocycles. The minimum Gasteiger partial charge on any atom is -0.369 e. The summed E-state index contributed by atoms with van der Waals surface area (Å²) in [5.41, 5.74) is 5.33. The lowest BCUT2D eigenvalue weighted by molar-refractivity contribution is -0.122. The monoisotopic (exact) mass is 225 g/mol. The smallest absolute Gasteiger partial charge is 0.222 e. The van der Waals surface area contributed by atoms with Crippen LogP contribution in [0.4, 0.5) is 5.13 Å². The first-order valence-corrected chi connectivity index (χ1v) is 5.95. The van der Waals surface area contributed by atoms with Crippen LogP contribution < -0.4 is 10.6 Å². The quantitative estimate of drug-likeness (QED) is 0.821. The summed E-state index contributed by atoms with van der Waals surface area (Å²) in [5.74, 6) is -0.198. The van der Waals surface area contributed by atoms with E-state index in [1.807, 2.05) is 13.1 Å². The summed E-state index contributed by atoms with van der Waals surface area (Å²) in [6, 6.07) is 0. The summed E-state index contributed by atoms with van der Waals surface area (Å²) in [4.78, 5) is 18.8. The maximum absolute atomic E-state index is 11.1. The van der Waals surface area contributed by atoms with E-state index >= 15 is 0 Å². The fourth-order valence-electron chi connectivity index (χ4n) is 1.87. The van der Waals surface area contributed by atoms with E-state index in [0.717, 1.165) is 31.1 Å². The standard InChI is InChI=1S/C10H15N3OS/c1-7-5-12-10(15-7)13-4-2-3-8(6-13)9(11)14/h5,8H,2-4,6H2,1H3,(H2,11,14). The van der Waals surface area contributed by atoms with E-state index < -0.39 is 0 Å². The number of anilines is 1. The molecule has 1 atom stereocenters. The molecule has 2 heterocycles. The van der Waals surface area contributed by atoms with Crippen molar-refractivity contribution in [3.8, 4) is 0 Å². The van der Waals surface area contributed by atoms with E-state index in [4.69, 9.17) is 5.73 Å². The van der Waals surface area contributed by atoms with Crippen LogP contribution in [0.3, 0.4) is 0 Å². The van der Waals surface area contributed by atoms with E-state index in [1.165, 1.54) is 4.88 Å². The van der Waals surface area contributed by atoms with Crippen molar-refractivity contribution in [1.82, 2.24) is 4.98 Å². The molecule has 0 spiro atoms. The van der Waals surface area contributed by atoms with Crippen molar-refractivity contribution in [3.05, 3.63) is 11.1 Å². The number of carbonyl (C=O) groups is 1. The number of nitrogens with two attached hydrogens (primary N) is 1. The van der Waals surface area contributed by atoms with Crippen molar-refractivity contribution in [1.29, 1.82) is 0 Å². The zero-order chi connectivity index (χ0) is 10.8. The Hall–Kier alpha value is -1.10. The lowest BCUT2D eigenvalue weighted by Crippen LogP contribution is -2.41. The van der Waals surface area contributed by atoms with Crippen LogP contribution in [0.25, 0.3) is 0 Å². The molecule has 0 aromatic carbocycles. The van der Waals surface area contributed by atoms with Crippen LogP contribution in [0.5, 0.6) is 0 Å². The second kappa shape index (κ2) is 4.18. The van der Waals surface area contributed by atoms with E-state index in [9.17, 15) is 4.79 Å². The number of piperidine rings is 1. The third-order valence-corrected chi connectivity index (χ3v) is 3.68. The van der Waals surface area contributed by atoms with Crippen molar-refractivity contribution in [2.24, 2.45) is 11.7 Å². The number of carbonyl (C=O) groups excluding carboxylic acids is 1. The van der Waals surface area contributed by atoms with Gasteiger partial charge < -0.3 is 10.6 Å². The average molecular weight is 225 g/mol. The Morgan fingerprint density at radius 2 is 2.53 bits per heavy atom. The van der Waals surface area contributed by atoms with Crippen LogP contribution in [-0.2, 0) is 4.79 Å². The van der Waals surface area contributed by atoms with Gasteiger partial charge in [0.05, 0.1) is 5.92 Å². The average Bonchev–Trinajstić information content (AvgIpc) is 2.65. The van der Waals surface area contributed by atoms with Gasteiger partial charge >= 0.3 is 0 Å². The fraction of sp³-hybridized carbons (Fsp3) is 0.600. The van der Waals surface area contributed by atoms with Crippen molar-refractivity contribution in [2.45, 2.75) is 19.8 Å². The molecule has 1 aromatic rings. The van der Waals surface area contributed by atoms with Gasteiger partial charge in [0.15, 0.2) is 5.13 Å². The van der Waals surface area contributed by atoms with Crippen LogP contribution in [0, 0.1) is 12.8 Å².